The van der Waals surface area contributed by atoms with Gasteiger partial charge in [-0.15, -0.1) is 0 Å². The molecule has 0 spiro atoms. The summed E-state index contributed by atoms with van der Waals surface area (Å²) in [5.74, 6) is 0.546. The lowest BCUT2D eigenvalue weighted by atomic mass is 10.1. The Morgan fingerprint density at radius 2 is 1.71 bits per heavy atom. The molecule has 144 valence electrons. The van der Waals surface area contributed by atoms with Crippen molar-refractivity contribution < 1.29 is 19.1 Å². The van der Waals surface area contributed by atoms with Crippen LogP contribution in [0.4, 0.5) is 0 Å². The van der Waals surface area contributed by atoms with Crippen LogP contribution in [0.25, 0.3) is 11.3 Å². The molecule has 0 fully saturated rings. The van der Waals surface area contributed by atoms with E-state index in [9.17, 15) is 9.59 Å². The van der Waals surface area contributed by atoms with Gasteiger partial charge in [0.1, 0.15) is 11.5 Å². The molecule has 0 saturated carbocycles. The van der Waals surface area contributed by atoms with Gasteiger partial charge in [0.2, 0.25) is 0 Å². The van der Waals surface area contributed by atoms with Gasteiger partial charge in [-0.3, -0.25) is 9.59 Å². The number of H-pyrrole nitrogens is 1. The van der Waals surface area contributed by atoms with E-state index >= 15 is 0 Å². The fourth-order valence-corrected chi connectivity index (χ4v) is 3.00. The summed E-state index contributed by atoms with van der Waals surface area (Å²) in [6.07, 6.45) is 0.786. The van der Waals surface area contributed by atoms with Gasteiger partial charge in [-0.25, -0.2) is 0 Å². The third-order valence-electron chi connectivity index (χ3n) is 4.48. The second kappa shape index (κ2) is 8.43. The van der Waals surface area contributed by atoms with Crippen molar-refractivity contribution in [2.24, 2.45) is 5.73 Å². The van der Waals surface area contributed by atoms with E-state index in [1.54, 1.807) is 13.0 Å². The van der Waals surface area contributed by atoms with Crippen LogP contribution < -0.4 is 10.5 Å². The van der Waals surface area contributed by atoms with Crippen LogP contribution in [0.1, 0.15) is 28.0 Å². The Bertz CT molecular complexity index is 1010. The van der Waals surface area contributed by atoms with E-state index in [-0.39, 0.29) is 12.4 Å². The summed E-state index contributed by atoms with van der Waals surface area (Å²) in [4.78, 5) is 26.2. The predicted molar refractivity (Wildman–Crippen MR) is 106 cm³/mol. The number of aromatic nitrogens is 1. The number of amides is 1. The Labute approximate surface area is 163 Å². The molecule has 0 aliphatic heterocycles. The van der Waals surface area contributed by atoms with Gasteiger partial charge in [-0.2, -0.15) is 0 Å². The molecular formula is C22H22N2O4. The van der Waals surface area contributed by atoms with Gasteiger partial charge in [0.05, 0.1) is 18.4 Å². The summed E-state index contributed by atoms with van der Waals surface area (Å²) in [6.45, 7) is 1.80. The number of rotatable bonds is 7. The van der Waals surface area contributed by atoms with E-state index in [4.69, 9.17) is 15.2 Å². The highest BCUT2D eigenvalue weighted by Crippen LogP contribution is 2.35. The number of hydrogen-bond acceptors (Lipinski definition) is 4. The first-order valence-electron chi connectivity index (χ1n) is 8.91. The van der Waals surface area contributed by atoms with E-state index in [0.717, 1.165) is 16.8 Å². The van der Waals surface area contributed by atoms with E-state index in [0.29, 0.717) is 29.2 Å². The minimum absolute atomic E-state index is 0.268. The SMILES string of the molecule is COC(=O)CCc1ccccc1Oc1ccccc1-c1cc(C(N)=O)c(C)[nH]1. The van der Waals surface area contributed by atoms with Crippen LogP contribution in [0.5, 0.6) is 11.5 Å². The van der Waals surface area contributed by atoms with Gasteiger partial charge in [-0.1, -0.05) is 30.3 Å². The number of para-hydroxylation sites is 2. The zero-order valence-corrected chi connectivity index (χ0v) is 15.8. The number of carbonyl (C=O) groups is 2. The lowest BCUT2D eigenvalue weighted by Gasteiger charge is -2.13. The number of benzene rings is 2. The largest absolute Gasteiger partial charge is 0.469 e. The molecular weight excluding hydrogens is 356 g/mol. The Morgan fingerprint density at radius 3 is 2.39 bits per heavy atom. The van der Waals surface area contributed by atoms with Crippen molar-refractivity contribution in [3.63, 3.8) is 0 Å². The van der Waals surface area contributed by atoms with E-state index in [1.807, 2.05) is 48.5 Å². The molecule has 2 aromatic carbocycles. The fraction of sp³-hybridized carbons (Fsp3) is 0.182. The Morgan fingerprint density at radius 1 is 1.04 bits per heavy atom. The maximum atomic E-state index is 11.6. The van der Waals surface area contributed by atoms with Crippen LogP contribution in [0.2, 0.25) is 0 Å². The number of primary amides is 1. The highest BCUT2D eigenvalue weighted by atomic mass is 16.5. The molecule has 0 bridgehead atoms. The molecule has 1 heterocycles. The molecule has 0 saturated heterocycles. The van der Waals surface area contributed by atoms with Crippen molar-refractivity contribution in [1.29, 1.82) is 0 Å². The van der Waals surface area contributed by atoms with Crippen LogP contribution >= 0.6 is 0 Å². The third-order valence-corrected chi connectivity index (χ3v) is 4.48. The summed E-state index contributed by atoms with van der Waals surface area (Å²) >= 11 is 0. The zero-order valence-electron chi connectivity index (χ0n) is 15.8. The van der Waals surface area contributed by atoms with E-state index in [2.05, 4.69) is 4.98 Å². The van der Waals surface area contributed by atoms with Gasteiger partial charge < -0.3 is 20.2 Å². The standard InChI is InChI=1S/C22H22N2O4/c1-14-17(22(23)26)13-18(24-14)16-8-4-6-10-20(16)28-19-9-5-3-7-15(19)11-12-21(25)27-2/h3-10,13,24H,11-12H2,1-2H3,(H2,23,26). The second-order valence-corrected chi connectivity index (χ2v) is 6.37. The lowest BCUT2D eigenvalue weighted by molar-refractivity contribution is -0.140. The normalized spacial score (nSPS) is 10.5. The number of aryl methyl sites for hydroxylation is 2. The van der Waals surface area contributed by atoms with Gasteiger partial charge in [0, 0.05) is 17.7 Å². The van der Waals surface area contributed by atoms with Crippen molar-refractivity contribution >= 4 is 11.9 Å². The first-order chi connectivity index (χ1) is 13.5. The molecule has 6 nitrogen and oxygen atoms in total. The molecule has 0 aliphatic carbocycles. The molecule has 0 unspecified atom stereocenters. The molecule has 6 heteroatoms. The fourth-order valence-electron chi connectivity index (χ4n) is 3.00. The molecule has 3 N–H and O–H groups in total. The van der Waals surface area contributed by atoms with Crippen LogP contribution in [0.15, 0.2) is 54.6 Å². The van der Waals surface area contributed by atoms with Crippen LogP contribution in [-0.2, 0) is 16.0 Å². The maximum absolute atomic E-state index is 11.6. The number of aromatic amines is 1. The van der Waals surface area contributed by atoms with Crippen molar-refractivity contribution in [2.75, 3.05) is 7.11 Å². The van der Waals surface area contributed by atoms with Crippen molar-refractivity contribution in [2.45, 2.75) is 19.8 Å². The maximum Gasteiger partial charge on any atom is 0.305 e. The summed E-state index contributed by atoms with van der Waals surface area (Å²) in [6, 6.07) is 16.8. The number of hydrogen-bond donors (Lipinski definition) is 2. The quantitative estimate of drug-likeness (QED) is 0.608. The molecule has 3 aromatic rings. The third kappa shape index (κ3) is 4.23. The summed E-state index contributed by atoms with van der Waals surface area (Å²) in [7, 11) is 1.37. The number of nitrogens with one attached hydrogen (secondary N) is 1. The number of carbonyl (C=O) groups excluding carboxylic acids is 2. The monoisotopic (exact) mass is 378 g/mol. The highest BCUT2D eigenvalue weighted by molar-refractivity contribution is 5.95. The van der Waals surface area contributed by atoms with Gasteiger partial charge in [0.25, 0.3) is 5.91 Å². The Hall–Kier alpha value is -3.54. The lowest BCUT2D eigenvalue weighted by Crippen LogP contribution is -2.10. The summed E-state index contributed by atoms with van der Waals surface area (Å²) in [5, 5.41) is 0. The number of ether oxygens (including phenoxy) is 2. The Kier molecular flexibility index (Phi) is 5.79. The minimum atomic E-state index is -0.480. The first-order valence-corrected chi connectivity index (χ1v) is 8.91. The van der Waals surface area contributed by atoms with Crippen LogP contribution in [-0.4, -0.2) is 24.0 Å². The molecule has 0 radical (unpaired) electrons. The average molecular weight is 378 g/mol. The average Bonchev–Trinajstić information content (AvgIpc) is 3.09. The van der Waals surface area contributed by atoms with Crippen molar-refractivity contribution in [3.8, 4) is 22.8 Å². The number of methoxy groups -OCH3 is 1. The molecule has 3 rings (SSSR count). The molecule has 1 amide bonds. The van der Waals surface area contributed by atoms with E-state index < -0.39 is 5.91 Å². The smallest absolute Gasteiger partial charge is 0.305 e. The summed E-state index contributed by atoms with van der Waals surface area (Å²) in [5.41, 5.74) is 9.04. The van der Waals surface area contributed by atoms with Gasteiger partial charge in [0.15, 0.2) is 0 Å². The second-order valence-electron chi connectivity index (χ2n) is 6.37. The van der Waals surface area contributed by atoms with Gasteiger partial charge >= 0.3 is 5.97 Å². The van der Waals surface area contributed by atoms with Crippen molar-refractivity contribution in [1.82, 2.24) is 4.98 Å². The van der Waals surface area contributed by atoms with E-state index in [1.165, 1.54) is 7.11 Å². The molecule has 0 aliphatic rings. The molecule has 1 aromatic heterocycles. The minimum Gasteiger partial charge on any atom is -0.469 e. The zero-order chi connectivity index (χ0) is 20.1. The number of esters is 1. The van der Waals surface area contributed by atoms with Crippen LogP contribution in [0.3, 0.4) is 0 Å². The molecule has 28 heavy (non-hydrogen) atoms. The van der Waals surface area contributed by atoms with Gasteiger partial charge in [-0.05, 0) is 43.2 Å². The topological polar surface area (TPSA) is 94.4 Å². The predicted octanol–water partition coefficient (Wildman–Crippen LogP) is 3.99. The first kappa shape index (κ1) is 19.2. The highest BCUT2D eigenvalue weighted by Gasteiger charge is 2.15. The summed E-state index contributed by atoms with van der Waals surface area (Å²) < 4.78 is 10.9. The molecule has 0 atom stereocenters. The van der Waals surface area contributed by atoms with Crippen molar-refractivity contribution in [3.05, 3.63) is 71.4 Å². The Balaban J connectivity index is 1.92. The number of nitrogens with two attached hydrogens (primary N) is 1. The van der Waals surface area contributed by atoms with Crippen LogP contribution in [0, 0.1) is 6.92 Å².